The van der Waals surface area contributed by atoms with E-state index in [9.17, 15) is 4.79 Å². The summed E-state index contributed by atoms with van der Waals surface area (Å²) in [7, 11) is 1.63. The number of carbonyl (C=O) groups excluding carboxylic acids is 1. The van der Waals surface area contributed by atoms with Crippen molar-refractivity contribution in [2.75, 3.05) is 13.7 Å². The Kier molecular flexibility index (Phi) is 7.53. The van der Waals surface area contributed by atoms with Crippen molar-refractivity contribution < 1.29 is 9.53 Å². The van der Waals surface area contributed by atoms with Crippen molar-refractivity contribution in [1.29, 1.82) is 0 Å². The quantitative estimate of drug-likeness (QED) is 0.493. The highest BCUT2D eigenvalue weighted by Crippen LogP contribution is 2.25. The van der Waals surface area contributed by atoms with Crippen LogP contribution >= 0.6 is 23.6 Å². The molecule has 0 atom stereocenters. The number of rotatable bonds is 8. The number of nitrogens with zero attached hydrogens (tertiary/aromatic N) is 1. The maximum absolute atomic E-state index is 11.4. The molecule has 0 heterocycles. The van der Waals surface area contributed by atoms with E-state index in [1.165, 1.54) is 0 Å². The summed E-state index contributed by atoms with van der Waals surface area (Å²) in [5.41, 5.74) is -0.361. The van der Waals surface area contributed by atoms with E-state index in [2.05, 4.69) is 0 Å². The molecule has 3 nitrogen and oxygen atoms in total. The van der Waals surface area contributed by atoms with Crippen LogP contribution in [0.25, 0.3) is 0 Å². The van der Waals surface area contributed by atoms with Crippen LogP contribution in [0.2, 0.25) is 0 Å². The number of hydrogen-bond acceptors (Lipinski definition) is 3. The molecule has 0 saturated carbocycles. The fraction of sp³-hybridized carbons (Fsp3) is 0.900. The standard InChI is InChI=1S/C10H19Cl2NO2/c1-10(2,13(11)12)7-6-9(14)5-4-8-15-3/h4-8H2,1-3H3. The summed E-state index contributed by atoms with van der Waals surface area (Å²) in [6, 6.07) is 0. The molecule has 0 aliphatic carbocycles. The van der Waals surface area contributed by atoms with Crippen molar-refractivity contribution in [2.24, 2.45) is 0 Å². The summed E-state index contributed by atoms with van der Waals surface area (Å²) in [6.45, 7) is 4.43. The van der Waals surface area contributed by atoms with Gasteiger partial charge in [-0.15, -0.1) is 3.94 Å². The van der Waals surface area contributed by atoms with Gasteiger partial charge in [0.15, 0.2) is 0 Å². The highest BCUT2D eigenvalue weighted by Gasteiger charge is 2.24. The number of Topliss-reactive ketones (excluding diaryl/α,β-unsaturated/α-hetero) is 1. The first-order valence-corrected chi connectivity index (χ1v) is 5.70. The number of carbonyl (C=O) groups is 1. The predicted molar refractivity (Wildman–Crippen MR) is 63.0 cm³/mol. The molecule has 15 heavy (non-hydrogen) atoms. The maximum atomic E-state index is 11.4. The molecule has 0 aromatic carbocycles. The van der Waals surface area contributed by atoms with E-state index < -0.39 is 0 Å². The zero-order valence-electron chi connectivity index (χ0n) is 9.56. The summed E-state index contributed by atoms with van der Waals surface area (Å²) in [5.74, 6) is 0.232. The van der Waals surface area contributed by atoms with Gasteiger partial charge < -0.3 is 4.74 Å². The molecule has 5 heteroatoms. The van der Waals surface area contributed by atoms with Crippen molar-refractivity contribution in [1.82, 2.24) is 3.94 Å². The van der Waals surface area contributed by atoms with E-state index in [-0.39, 0.29) is 11.3 Å². The van der Waals surface area contributed by atoms with Crippen LogP contribution in [-0.4, -0.2) is 29.0 Å². The molecular weight excluding hydrogens is 237 g/mol. The molecule has 0 fully saturated rings. The molecule has 0 aromatic rings. The van der Waals surface area contributed by atoms with Crippen LogP contribution in [-0.2, 0) is 9.53 Å². The second-order valence-electron chi connectivity index (χ2n) is 4.18. The van der Waals surface area contributed by atoms with Crippen molar-refractivity contribution in [3.8, 4) is 0 Å². The van der Waals surface area contributed by atoms with Crippen molar-refractivity contribution >= 4 is 29.3 Å². The minimum atomic E-state index is -0.361. The van der Waals surface area contributed by atoms with Gasteiger partial charge in [-0.05, 0) is 50.2 Å². The van der Waals surface area contributed by atoms with Crippen molar-refractivity contribution in [2.45, 2.75) is 45.1 Å². The van der Waals surface area contributed by atoms with Crippen molar-refractivity contribution in [3.05, 3.63) is 0 Å². The number of ketones is 1. The van der Waals surface area contributed by atoms with Crippen LogP contribution in [0.5, 0.6) is 0 Å². The van der Waals surface area contributed by atoms with Crippen molar-refractivity contribution in [3.63, 3.8) is 0 Å². The van der Waals surface area contributed by atoms with Gasteiger partial charge in [-0.3, -0.25) is 4.79 Å². The van der Waals surface area contributed by atoms with E-state index in [1.807, 2.05) is 13.8 Å². The largest absolute Gasteiger partial charge is 0.385 e. The van der Waals surface area contributed by atoms with Crippen LogP contribution in [0, 0.1) is 0 Å². The monoisotopic (exact) mass is 255 g/mol. The van der Waals surface area contributed by atoms with Gasteiger partial charge in [-0.25, -0.2) is 0 Å². The Morgan fingerprint density at radius 1 is 1.33 bits per heavy atom. The first-order chi connectivity index (χ1) is 6.90. The molecule has 0 unspecified atom stereocenters. The summed E-state index contributed by atoms with van der Waals surface area (Å²) in [5, 5.41) is 0. The highest BCUT2D eigenvalue weighted by atomic mass is 35.5. The third kappa shape index (κ3) is 7.12. The summed E-state index contributed by atoms with van der Waals surface area (Å²) in [4.78, 5) is 11.4. The topological polar surface area (TPSA) is 29.5 Å². The lowest BCUT2D eigenvalue weighted by molar-refractivity contribution is -0.119. The van der Waals surface area contributed by atoms with Crippen LogP contribution in [0.4, 0.5) is 0 Å². The zero-order chi connectivity index (χ0) is 11.9. The highest BCUT2D eigenvalue weighted by molar-refractivity contribution is 6.34. The summed E-state index contributed by atoms with van der Waals surface area (Å²) in [6.07, 6.45) is 2.51. The molecule has 0 amide bonds. The molecule has 0 spiro atoms. The molecule has 90 valence electrons. The van der Waals surface area contributed by atoms with Crippen LogP contribution < -0.4 is 0 Å². The van der Waals surface area contributed by atoms with E-state index in [0.29, 0.717) is 25.9 Å². The fourth-order valence-electron chi connectivity index (χ4n) is 1.07. The minimum Gasteiger partial charge on any atom is -0.385 e. The van der Waals surface area contributed by atoms with Gasteiger partial charge in [-0.2, -0.15) is 0 Å². The van der Waals surface area contributed by atoms with Gasteiger partial charge in [0.2, 0.25) is 0 Å². The van der Waals surface area contributed by atoms with Gasteiger partial charge in [-0.1, -0.05) is 0 Å². The molecule has 0 aliphatic heterocycles. The zero-order valence-corrected chi connectivity index (χ0v) is 11.1. The fourth-order valence-corrected chi connectivity index (χ4v) is 1.24. The minimum absolute atomic E-state index is 0.232. The number of methoxy groups -OCH3 is 1. The predicted octanol–water partition coefficient (Wildman–Crippen LogP) is 3.15. The van der Waals surface area contributed by atoms with E-state index in [0.717, 1.165) is 10.4 Å². The molecule has 0 N–H and O–H groups in total. The Balaban J connectivity index is 3.71. The maximum Gasteiger partial charge on any atom is 0.133 e. The number of ether oxygens (including phenoxy) is 1. The SMILES string of the molecule is COCCCC(=O)CCC(C)(C)N(Cl)Cl. The van der Waals surface area contributed by atoms with E-state index >= 15 is 0 Å². The molecule has 0 aromatic heterocycles. The van der Waals surface area contributed by atoms with Gasteiger partial charge in [0.05, 0.1) is 0 Å². The Hall–Kier alpha value is 0.170. The smallest absolute Gasteiger partial charge is 0.133 e. The summed E-state index contributed by atoms with van der Waals surface area (Å²) >= 11 is 11.3. The number of halogens is 2. The molecule has 0 rings (SSSR count). The molecule has 0 bridgehead atoms. The molecule has 0 saturated heterocycles. The summed E-state index contributed by atoms with van der Waals surface area (Å²) < 4.78 is 5.98. The van der Waals surface area contributed by atoms with Crippen LogP contribution in [0.3, 0.4) is 0 Å². The Morgan fingerprint density at radius 2 is 1.93 bits per heavy atom. The second-order valence-corrected chi connectivity index (χ2v) is 5.03. The third-order valence-electron chi connectivity index (χ3n) is 2.28. The van der Waals surface area contributed by atoms with Gasteiger partial charge >= 0.3 is 0 Å². The Labute approximate surface area is 102 Å². The second kappa shape index (κ2) is 7.44. The van der Waals surface area contributed by atoms with Gasteiger partial charge in [0.25, 0.3) is 0 Å². The lowest BCUT2D eigenvalue weighted by Gasteiger charge is -2.26. The van der Waals surface area contributed by atoms with E-state index in [4.69, 9.17) is 28.3 Å². The molecule has 0 radical (unpaired) electrons. The Bertz CT molecular complexity index is 196. The average molecular weight is 256 g/mol. The molecule has 0 aliphatic rings. The normalized spacial score (nSPS) is 12.1. The number of hydrogen-bond donors (Lipinski definition) is 0. The van der Waals surface area contributed by atoms with Gasteiger partial charge in [0.1, 0.15) is 5.78 Å². The van der Waals surface area contributed by atoms with E-state index in [1.54, 1.807) is 7.11 Å². The average Bonchev–Trinajstić information content (AvgIpc) is 2.15. The van der Waals surface area contributed by atoms with Crippen LogP contribution in [0.1, 0.15) is 39.5 Å². The van der Waals surface area contributed by atoms with Crippen LogP contribution in [0.15, 0.2) is 0 Å². The Morgan fingerprint density at radius 3 is 2.40 bits per heavy atom. The first kappa shape index (κ1) is 15.2. The lowest BCUT2D eigenvalue weighted by atomic mass is 9.97. The van der Waals surface area contributed by atoms with Gasteiger partial charge in [0, 0.05) is 32.1 Å². The molecular formula is C10H19Cl2NO2. The third-order valence-corrected chi connectivity index (χ3v) is 3.19. The first-order valence-electron chi connectivity index (χ1n) is 5.02. The lowest BCUT2D eigenvalue weighted by Crippen LogP contribution is -2.31.